The van der Waals surface area contributed by atoms with Gasteiger partial charge in [-0.05, 0) is 24.6 Å². The van der Waals surface area contributed by atoms with Crippen molar-refractivity contribution in [1.82, 2.24) is 9.36 Å². The number of ether oxygens (including phenoxy) is 1. The van der Waals surface area contributed by atoms with E-state index < -0.39 is 11.7 Å². The van der Waals surface area contributed by atoms with Crippen LogP contribution in [-0.2, 0) is 17.5 Å². The second-order valence-electron chi connectivity index (χ2n) is 4.43. The third-order valence-electron chi connectivity index (χ3n) is 2.82. The van der Waals surface area contributed by atoms with Gasteiger partial charge in [0, 0.05) is 18.6 Å². The lowest BCUT2D eigenvalue weighted by Gasteiger charge is -2.14. The van der Waals surface area contributed by atoms with Gasteiger partial charge >= 0.3 is 6.18 Å². The second kappa shape index (κ2) is 6.40. The molecule has 0 aliphatic heterocycles. The molecule has 0 spiro atoms. The molecule has 114 valence electrons. The number of nitrogens with one attached hydrogen (secondary N) is 1. The van der Waals surface area contributed by atoms with Crippen LogP contribution in [0.5, 0.6) is 0 Å². The van der Waals surface area contributed by atoms with Crippen molar-refractivity contribution in [3.8, 4) is 0 Å². The van der Waals surface area contributed by atoms with Gasteiger partial charge in [0.15, 0.2) is 5.82 Å². The first kappa shape index (κ1) is 15.7. The highest BCUT2D eigenvalue weighted by molar-refractivity contribution is 7.09. The molecule has 0 aliphatic rings. The summed E-state index contributed by atoms with van der Waals surface area (Å²) in [7, 11) is 1.55. The Hall–Kier alpha value is -1.67. The van der Waals surface area contributed by atoms with Gasteiger partial charge in [-0.1, -0.05) is 12.1 Å². The first-order valence-corrected chi connectivity index (χ1v) is 6.92. The van der Waals surface area contributed by atoms with Gasteiger partial charge in [-0.15, -0.1) is 0 Å². The van der Waals surface area contributed by atoms with Crippen molar-refractivity contribution in [2.45, 2.75) is 25.7 Å². The van der Waals surface area contributed by atoms with Gasteiger partial charge in [0.25, 0.3) is 0 Å². The van der Waals surface area contributed by atoms with Crippen molar-refractivity contribution in [2.24, 2.45) is 0 Å². The predicted molar refractivity (Wildman–Crippen MR) is 74.1 cm³/mol. The van der Waals surface area contributed by atoms with Gasteiger partial charge in [-0.2, -0.15) is 17.5 Å². The average molecular weight is 317 g/mol. The molecule has 4 nitrogen and oxygen atoms in total. The van der Waals surface area contributed by atoms with E-state index in [1.807, 2.05) is 6.92 Å². The SMILES string of the molecule is COCc1nsc(NC(C)c2ccc(C(F)(F)F)cc2)n1. The van der Waals surface area contributed by atoms with Crippen LogP contribution in [0.15, 0.2) is 24.3 Å². The van der Waals surface area contributed by atoms with Crippen molar-refractivity contribution in [1.29, 1.82) is 0 Å². The molecule has 1 aromatic carbocycles. The number of methoxy groups -OCH3 is 1. The molecule has 0 amide bonds. The minimum atomic E-state index is -4.32. The molecular formula is C13H14F3N3OS. The Labute approximate surface area is 124 Å². The largest absolute Gasteiger partial charge is 0.416 e. The molecule has 0 saturated heterocycles. The Morgan fingerprint density at radius 3 is 2.52 bits per heavy atom. The maximum Gasteiger partial charge on any atom is 0.416 e. The first-order valence-electron chi connectivity index (χ1n) is 6.15. The summed E-state index contributed by atoms with van der Waals surface area (Å²) in [6.45, 7) is 2.17. The molecule has 0 bridgehead atoms. The van der Waals surface area contributed by atoms with Crippen LogP contribution in [0.1, 0.15) is 29.9 Å². The van der Waals surface area contributed by atoms with E-state index in [0.717, 1.165) is 17.7 Å². The molecule has 1 N–H and O–H groups in total. The minimum Gasteiger partial charge on any atom is -0.377 e. The molecule has 0 saturated carbocycles. The van der Waals surface area contributed by atoms with Crippen LogP contribution < -0.4 is 5.32 Å². The monoisotopic (exact) mass is 317 g/mol. The number of alkyl halides is 3. The van der Waals surface area contributed by atoms with E-state index in [2.05, 4.69) is 14.7 Å². The topological polar surface area (TPSA) is 47.0 Å². The lowest BCUT2D eigenvalue weighted by molar-refractivity contribution is -0.137. The van der Waals surface area contributed by atoms with E-state index in [1.54, 1.807) is 7.11 Å². The van der Waals surface area contributed by atoms with Gasteiger partial charge in [0.2, 0.25) is 5.13 Å². The van der Waals surface area contributed by atoms with Crippen molar-refractivity contribution in [3.05, 3.63) is 41.2 Å². The lowest BCUT2D eigenvalue weighted by atomic mass is 10.1. The summed E-state index contributed by atoms with van der Waals surface area (Å²) < 4.78 is 46.5. The van der Waals surface area contributed by atoms with Gasteiger partial charge < -0.3 is 10.1 Å². The Morgan fingerprint density at radius 1 is 1.29 bits per heavy atom. The van der Waals surface area contributed by atoms with Crippen molar-refractivity contribution in [3.63, 3.8) is 0 Å². The van der Waals surface area contributed by atoms with E-state index in [1.165, 1.54) is 23.7 Å². The summed E-state index contributed by atoms with van der Waals surface area (Å²) in [6.07, 6.45) is -4.32. The number of hydrogen-bond donors (Lipinski definition) is 1. The predicted octanol–water partition coefficient (Wildman–Crippen LogP) is 3.88. The number of anilines is 1. The molecule has 0 fully saturated rings. The molecular weight excluding hydrogens is 303 g/mol. The van der Waals surface area contributed by atoms with Crippen molar-refractivity contribution in [2.75, 3.05) is 12.4 Å². The first-order chi connectivity index (χ1) is 9.90. The Kier molecular flexibility index (Phi) is 4.79. The zero-order valence-electron chi connectivity index (χ0n) is 11.4. The molecule has 2 aromatic rings. The summed E-state index contributed by atoms with van der Waals surface area (Å²) in [6, 6.07) is 4.89. The zero-order valence-corrected chi connectivity index (χ0v) is 12.3. The maximum atomic E-state index is 12.5. The smallest absolute Gasteiger partial charge is 0.377 e. The molecule has 0 radical (unpaired) electrons. The fourth-order valence-corrected chi connectivity index (χ4v) is 2.39. The number of benzene rings is 1. The molecule has 2 rings (SSSR count). The summed E-state index contributed by atoms with van der Waals surface area (Å²) in [5.74, 6) is 0.574. The van der Waals surface area contributed by atoms with E-state index >= 15 is 0 Å². The standard InChI is InChI=1S/C13H14F3N3OS/c1-8(17-12-18-11(7-20-2)19-21-12)9-3-5-10(6-4-9)13(14,15)16/h3-6,8H,7H2,1-2H3,(H,17,18,19). The van der Waals surface area contributed by atoms with E-state index in [4.69, 9.17) is 4.74 Å². The molecule has 1 unspecified atom stereocenters. The third kappa shape index (κ3) is 4.15. The van der Waals surface area contributed by atoms with Crippen LogP contribution in [-0.4, -0.2) is 16.5 Å². The molecule has 1 aromatic heterocycles. The summed E-state index contributed by atoms with van der Waals surface area (Å²) in [5, 5.41) is 3.71. The highest BCUT2D eigenvalue weighted by Gasteiger charge is 2.30. The summed E-state index contributed by atoms with van der Waals surface area (Å²) in [4.78, 5) is 4.21. The molecule has 21 heavy (non-hydrogen) atoms. The van der Waals surface area contributed by atoms with Crippen LogP contribution in [0, 0.1) is 0 Å². The number of nitrogens with zero attached hydrogens (tertiary/aromatic N) is 2. The van der Waals surface area contributed by atoms with E-state index in [9.17, 15) is 13.2 Å². The van der Waals surface area contributed by atoms with Gasteiger partial charge in [0.05, 0.1) is 11.6 Å². The Balaban J connectivity index is 2.04. The van der Waals surface area contributed by atoms with Crippen molar-refractivity contribution >= 4 is 16.7 Å². The normalized spacial score (nSPS) is 13.2. The molecule has 8 heteroatoms. The molecule has 1 atom stereocenters. The number of halogens is 3. The highest BCUT2D eigenvalue weighted by Crippen LogP contribution is 2.30. The van der Waals surface area contributed by atoms with Crippen molar-refractivity contribution < 1.29 is 17.9 Å². The quantitative estimate of drug-likeness (QED) is 0.909. The van der Waals surface area contributed by atoms with Crippen LogP contribution in [0.3, 0.4) is 0 Å². The number of rotatable bonds is 5. The summed E-state index contributed by atoms with van der Waals surface area (Å²) >= 11 is 1.19. The highest BCUT2D eigenvalue weighted by atomic mass is 32.1. The maximum absolute atomic E-state index is 12.5. The fraction of sp³-hybridized carbons (Fsp3) is 0.385. The average Bonchev–Trinajstić information content (AvgIpc) is 2.86. The lowest BCUT2D eigenvalue weighted by Crippen LogP contribution is -2.08. The van der Waals surface area contributed by atoms with E-state index in [-0.39, 0.29) is 6.04 Å². The molecule has 0 aliphatic carbocycles. The second-order valence-corrected chi connectivity index (χ2v) is 5.19. The van der Waals surface area contributed by atoms with Gasteiger partial charge in [-0.3, -0.25) is 0 Å². The van der Waals surface area contributed by atoms with Crippen LogP contribution in [0.4, 0.5) is 18.3 Å². The van der Waals surface area contributed by atoms with Crippen LogP contribution in [0.2, 0.25) is 0 Å². The Bertz CT molecular complexity index is 583. The number of aromatic nitrogens is 2. The third-order valence-corrected chi connectivity index (χ3v) is 3.50. The zero-order chi connectivity index (χ0) is 15.5. The van der Waals surface area contributed by atoms with Crippen LogP contribution >= 0.6 is 11.5 Å². The number of hydrogen-bond acceptors (Lipinski definition) is 5. The minimum absolute atomic E-state index is 0.171. The molecule has 1 heterocycles. The van der Waals surface area contributed by atoms with E-state index in [0.29, 0.717) is 17.6 Å². The van der Waals surface area contributed by atoms with Gasteiger partial charge in [0.1, 0.15) is 6.61 Å². The summed E-state index contributed by atoms with van der Waals surface area (Å²) in [5.41, 5.74) is 0.0863. The van der Waals surface area contributed by atoms with Gasteiger partial charge in [-0.25, -0.2) is 4.98 Å². The van der Waals surface area contributed by atoms with Crippen LogP contribution in [0.25, 0.3) is 0 Å². The Morgan fingerprint density at radius 2 is 1.95 bits per heavy atom. The fourth-order valence-electron chi connectivity index (χ4n) is 1.73.